The van der Waals surface area contributed by atoms with Gasteiger partial charge < -0.3 is 4.74 Å². The highest BCUT2D eigenvalue weighted by molar-refractivity contribution is 9.10. The Hall–Kier alpha value is -2.95. The van der Waals surface area contributed by atoms with Gasteiger partial charge in [-0.05, 0) is 54.6 Å². The average molecular weight is 602 g/mol. The van der Waals surface area contributed by atoms with Crippen molar-refractivity contribution in [2.24, 2.45) is 5.10 Å². The Morgan fingerprint density at radius 1 is 1.12 bits per heavy atom. The van der Waals surface area contributed by atoms with E-state index in [0.717, 1.165) is 20.7 Å². The lowest BCUT2D eigenvalue weighted by Crippen LogP contribution is -2.24. The number of rotatable bonds is 7. The zero-order valence-corrected chi connectivity index (χ0v) is 21.9. The van der Waals surface area contributed by atoms with Crippen molar-refractivity contribution in [2.75, 3.05) is 12.9 Å². The van der Waals surface area contributed by atoms with E-state index in [1.54, 1.807) is 31.4 Å². The quantitative estimate of drug-likeness (QED) is 0.137. The van der Waals surface area contributed by atoms with Crippen LogP contribution in [0.1, 0.15) is 5.56 Å². The molecule has 0 unspecified atom stereocenters. The predicted octanol–water partition coefficient (Wildman–Crippen LogP) is 5.16. The number of benzene rings is 3. The molecule has 7 nitrogen and oxygen atoms in total. The van der Waals surface area contributed by atoms with E-state index in [1.807, 2.05) is 42.5 Å². The molecule has 34 heavy (non-hydrogen) atoms. The van der Waals surface area contributed by atoms with Gasteiger partial charge in [-0.15, -0.1) is 0 Å². The molecule has 1 N–H and O–H groups in total. The topological polar surface area (TPSA) is 85.6 Å². The second-order valence-electron chi connectivity index (χ2n) is 7.00. The highest BCUT2D eigenvalue weighted by Crippen LogP contribution is 2.23. The van der Waals surface area contributed by atoms with Crippen molar-refractivity contribution in [3.05, 3.63) is 91.6 Å². The summed E-state index contributed by atoms with van der Waals surface area (Å²) >= 11 is 7.98. The summed E-state index contributed by atoms with van der Waals surface area (Å²) in [5.41, 5.74) is 4.26. The lowest BCUT2D eigenvalue weighted by atomic mass is 10.2. The van der Waals surface area contributed by atoms with Gasteiger partial charge in [0.25, 0.3) is 11.5 Å². The van der Waals surface area contributed by atoms with Crippen LogP contribution in [0.2, 0.25) is 0 Å². The molecule has 10 heteroatoms. The Labute approximate surface area is 216 Å². The number of thioether (sulfide) groups is 1. The summed E-state index contributed by atoms with van der Waals surface area (Å²) in [6, 6.07) is 20.0. The fourth-order valence-electron chi connectivity index (χ4n) is 3.17. The molecule has 0 spiro atoms. The molecule has 172 valence electrons. The number of methoxy groups -OCH3 is 1. The minimum Gasteiger partial charge on any atom is -0.496 e. The summed E-state index contributed by atoms with van der Waals surface area (Å²) in [5, 5.41) is 4.95. The van der Waals surface area contributed by atoms with E-state index in [4.69, 9.17) is 4.74 Å². The van der Waals surface area contributed by atoms with Crippen molar-refractivity contribution in [1.29, 1.82) is 0 Å². The number of aromatic nitrogens is 2. The van der Waals surface area contributed by atoms with E-state index in [-0.39, 0.29) is 17.2 Å². The van der Waals surface area contributed by atoms with Crippen LogP contribution in [0.5, 0.6) is 5.75 Å². The van der Waals surface area contributed by atoms with E-state index in [1.165, 1.54) is 10.8 Å². The third-order valence-corrected chi connectivity index (χ3v) is 6.71. The maximum absolute atomic E-state index is 13.3. The van der Waals surface area contributed by atoms with Gasteiger partial charge in [-0.1, -0.05) is 55.8 Å². The molecule has 1 aromatic heterocycles. The fraction of sp³-hybridized carbons (Fsp3) is 0.0833. The Balaban J connectivity index is 1.55. The fourth-order valence-corrected chi connectivity index (χ4v) is 4.62. The van der Waals surface area contributed by atoms with Crippen LogP contribution in [0.15, 0.2) is 90.7 Å². The van der Waals surface area contributed by atoms with Gasteiger partial charge in [0.1, 0.15) is 5.75 Å². The number of carbonyl (C=O) groups is 1. The van der Waals surface area contributed by atoms with Gasteiger partial charge in [-0.25, -0.2) is 10.4 Å². The van der Waals surface area contributed by atoms with E-state index < -0.39 is 0 Å². The van der Waals surface area contributed by atoms with Gasteiger partial charge in [-0.2, -0.15) is 5.10 Å². The number of ether oxygens (including phenoxy) is 1. The number of hydrogen-bond donors (Lipinski definition) is 1. The summed E-state index contributed by atoms with van der Waals surface area (Å²) < 4.78 is 8.58. The number of para-hydroxylation sites is 1. The number of halogens is 2. The smallest absolute Gasteiger partial charge is 0.266 e. The molecule has 0 saturated heterocycles. The zero-order chi connectivity index (χ0) is 24.1. The third kappa shape index (κ3) is 5.57. The molecule has 0 aliphatic heterocycles. The molecule has 0 saturated carbocycles. The lowest BCUT2D eigenvalue weighted by Gasteiger charge is -2.13. The normalized spacial score (nSPS) is 11.1. The first-order chi connectivity index (χ1) is 16.5. The van der Waals surface area contributed by atoms with Crippen LogP contribution in [0.25, 0.3) is 16.6 Å². The van der Waals surface area contributed by atoms with Crippen molar-refractivity contribution in [2.45, 2.75) is 5.16 Å². The second-order valence-corrected chi connectivity index (χ2v) is 9.77. The summed E-state index contributed by atoms with van der Waals surface area (Å²) in [5.74, 6) is 0.322. The monoisotopic (exact) mass is 600 g/mol. The molecule has 3 aromatic carbocycles. The molecule has 0 aliphatic rings. The minimum absolute atomic E-state index is 0.0221. The molecule has 0 radical (unpaired) electrons. The van der Waals surface area contributed by atoms with E-state index in [2.05, 4.69) is 47.4 Å². The van der Waals surface area contributed by atoms with E-state index in [9.17, 15) is 9.59 Å². The molecule has 4 rings (SSSR count). The number of carbonyl (C=O) groups excluding carboxylic acids is 1. The predicted molar refractivity (Wildman–Crippen MR) is 142 cm³/mol. The molecule has 4 aromatic rings. The van der Waals surface area contributed by atoms with Gasteiger partial charge in [0, 0.05) is 14.5 Å². The largest absolute Gasteiger partial charge is 0.496 e. The first-order valence-corrected chi connectivity index (χ1v) is 12.6. The maximum atomic E-state index is 13.3. The lowest BCUT2D eigenvalue weighted by molar-refractivity contribution is -0.118. The third-order valence-electron chi connectivity index (χ3n) is 4.75. The Kier molecular flexibility index (Phi) is 7.81. The molecule has 1 heterocycles. The Morgan fingerprint density at radius 3 is 2.62 bits per heavy atom. The van der Waals surface area contributed by atoms with Crippen molar-refractivity contribution < 1.29 is 9.53 Å². The highest BCUT2D eigenvalue weighted by atomic mass is 79.9. The van der Waals surface area contributed by atoms with Crippen LogP contribution in [0.3, 0.4) is 0 Å². The first kappa shape index (κ1) is 24.2. The zero-order valence-electron chi connectivity index (χ0n) is 17.9. The molecule has 1 amide bonds. The first-order valence-electron chi connectivity index (χ1n) is 10.0. The molecule has 0 bridgehead atoms. The number of fused-ring (bicyclic) bond motifs is 1. The minimum atomic E-state index is -0.333. The van der Waals surface area contributed by atoms with Gasteiger partial charge in [0.15, 0.2) is 5.16 Å². The van der Waals surface area contributed by atoms with Gasteiger partial charge >= 0.3 is 0 Å². The number of hydrogen-bond acceptors (Lipinski definition) is 6. The number of hydrazone groups is 1. The van der Waals surface area contributed by atoms with Crippen molar-refractivity contribution in [3.63, 3.8) is 0 Å². The van der Waals surface area contributed by atoms with Gasteiger partial charge in [-0.3, -0.25) is 14.2 Å². The Bertz CT molecular complexity index is 1440. The van der Waals surface area contributed by atoms with Gasteiger partial charge in [0.2, 0.25) is 0 Å². The highest BCUT2D eigenvalue weighted by Gasteiger charge is 2.14. The van der Waals surface area contributed by atoms with Crippen LogP contribution in [-0.4, -0.2) is 34.5 Å². The summed E-state index contributed by atoms with van der Waals surface area (Å²) in [6.07, 6.45) is 1.51. The molecule has 0 fully saturated rings. The van der Waals surface area contributed by atoms with Crippen LogP contribution in [-0.2, 0) is 4.79 Å². The molecule has 0 atom stereocenters. The van der Waals surface area contributed by atoms with E-state index in [0.29, 0.717) is 33.1 Å². The maximum Gasteiger partial charge on any atom is 0.266 e. The SMILES string of the molecule is COc1ccc(Br)cc1/C=N/NC(=O)CSc1nc2ccccc2c(=O)n1-c1ccc(Br)cc1. The van der Waals surface area contributed by atoms with Crippen LogP contribution in [0.4, 0.5) is 0 Å². The van der Waals surface area contributed by atoms with Crippen LogP contribution in [0, 0.1) is 0 Å². The number of nitrogens with zero attached hydrogens (tertiary/aromatic N) is 3. The average Bonchev–Trinajstić information content (AvgIpc) is 2.84. The number of amides is 1. The van der Waals surface area contributed by atoms with E-state index >= 15 is 0 Å². The summed E-state index contributed by atoms with van der Waals surface area (Å²) in [4.78, 5) is 30.4. The molecular weight excluding hydrogens is 584 g/mol. The standard InChI is InChI=1S/C24H18Br2N4O3S/c1-33-21-11-8-17(26)12-15(21)13-27-29-22(31)14-34-24-28-20-5-3-2-4-19(20)23(32)30(24)18-9-6-16(25)7-10-18/h2-13H,14H2,1H3,(H,29,31)/b27-13+. The molecule has 0 aliphatic carbocycles. The second kappa shape index (κ2) is 11.0. The van der Waals surface area contributed by atoms with Gasteiger partial charge in [0.05, 0.1) is 35.7 Å². The van der Waals surface area contributed by atoms with Crippen LogP contribution >= 0.6 is 43.6 Å². The van der Waals surface area contributed by atoms with Crippen molar-refractivity contribution >= 4 is 66.6 Å². The van der Waals surface area contributed by atoms with Crippen LogP contribution < -0.4 is 15.7 Å². The summed E-state index contributed by atoms with van der Waals surface area (Å²) in [6.45, 7) is 0. The summed E-state index contributed by atoms with van der Waals surface area (Å²) in [7, 11) is 1.57. The molecular formula is C24H18Br2N4O3S. The number of nitrogens with one attached hydrogen (secondary N) is 1. The van der Waals surface area contributed by atoms with Crippen molar-refractivity contribution in [1.82, 2.24) is 15.0 Å². The Morgan fingerprint density at radius 2 is 1.85 bits per heavy atom. The van der Waals surface area contributed by atoms with Crippen molar-refractivity contribution in [3.8, 4) is 11.4 Å².